The van der Waals surface area contributed by atoms with Gasteiger partial charge in [0.25, 0.3) is 0 Å². The zero-order valence-corrected chi connectivity index (χ0v) is 17.4. The van der Waals surface area contributed by atoms with Gasteiger partial charge < -0.3 is 4.90 Å². The first-order valence-electron chi connectivity index (χ1n) is 9.60. The highest BCUT2D eigenvalue weighted by Crippen LogP contribution is 2.18. The molecule has 2 aromatic heterocycles. The van der Waals surface area contributed by atoms with Crippen molar-refractivity contribution >= 4 is 18.1 Å². The Morgan fingerprint density at radius 2 is 1.79 bits per heavy atom. The van der Waals surface area contributed by atoms with Crippen molar-refractivity contribution in [1.82, 2.24) is 39.7 Å². The second kappa shape index (κ2) is 8.26. The lowest BCUT2D eigenvalue weighted by Gasteiger charge is -2.34. The van der Waals surface area contributed by atoms with Crippen LogP contribution in [-0.2, 0) is 17.9 Å². The van der Waals surface area contributed by atoms with E-state index in [0.29, 0.717) is 30.2 Å². The molecule has 0 spiro atoms. The molecular formula is C19H24N8OS. The molecule has 1 aliphatic rings. The van der Waals surface area contributed by atoms with E-state index in [9.17, 15) is 4.79 Å². The molecule has 29 heavy (non-hydrogen) atoms. The molecule has 10 heteroatoms. The van der Waals surface area contributed by atoms with E-state index in [1.807, 2.05) is 43.0 Å². The molecule has 2 N–H and O–H groups in total. The number of amides is 1. The third kappa shape index (κ3) is 4.43. The van der Waals surface area contributed by atoms with Gasteiger partial charge in [0.2, 0.25) is 5.91 Å². The molecule has 1 aliphatic heterocycles. The van der Waals surface area contributed by atoms with E-state index in [4.69, 9.17) is 12.2 Å². The van der Waals surface area contributed by atoms with Crippen LogP contribution in [0.3, 0.4) is 0 Å². The van der Waals surface area contributed by atoms with E-state index in [2.05, 4.69) is 30.3 Å². The fourth-order valence-corrected chi connectivity index (χ4v) is 3.63. The van der Waals surface area contributed by atoms with E-state index < -0.39 is 0 Å². The van der Waals surface area contributed by atoms with Crippen LogP contribution >= 0.6 is 12.2 Å². The predicted octanol–water partition coefficient (Wildman–Crippen LogP) is 1.69. The third-order valence-electron chi connectivity index (χ3n) is 5.09. The predicted molar refractivity (Wildman–Crippen MR) is 111 cm³/mol. The molecule has 0 atom stereocenters. The lowest BCUT2D eigenvalue weighted by Crippen LogP contribution is -2.49. The zero-order chi connectivity index (χ0) is 20.4. The standard InChI is InChI=1S/C19H24N8OS/c1-13-3-5-15(6-4-13)18-23-24-19(29)27(18)12-17(28)26-9-7-25(8-10-26)11-16-20-14(2)21-22-16/h3-6H,7-12H2,1-2H3,(H,24,29)(H,20,21,22). The maximum Gasteiger partial charge on any atom is 0.242 e. The minimum Gasteiger partial charge on any atom is -0.339 e. The molecule has 0 bridgehead atoms. The molecule has 152 valence electrons. The van der Waals surface area contributed by atoms with Crippen LogP contribution in [0.5, 0.6) is 0 Å². The molecule has 3 heterocycles. The summed E-state index contributed by atoms with van der Waals surface area (Å²) < 4.78 is 2.22. The molecule has 0 radical (unpaired) electrons. The van der Waals surface area contributed by atoms with Crippen LogP contribution in [0, 0.1) is 18.6 Å². The maximum absolute atomic E-state index is 12.9. The van der Waals surface area contributed by atoms with Crippen LogP contribution in [0.25, 0.3) is 11.4 Å². The lowest BCUT2D eigenvalue weighted by molar-refractivity contribution is -0.133. The van der Waals surface area contributed by atoms with E-state index in [1.165, 1.54) is 5.56 Å². The molecule has 0 unspecified atom stereocenters. The van der Waals surface area contributed by atoms with Crippen molar-refractivity contribution in [1.29, 1.82) is 0 Å². The van der Waals surface area contributed by atoms with Gasteiger partial charge in [-0.05, 0) is 26.1 Å². The number of carbonyl (C=O) groups excluding carboxylic acids is 1. The summed E-state index contributed by atoms with van der Waals surface area (Å²) in [6.07, 6.45) is 0. The number of aromatic nitrogens is 6. The van der Waals surface area contributed by atoms with Crippen molar-refractivity contribution in [3.05, 3.63) is 46.2 Å². The Morgan fingerprint density at radius 1 is 1.07 bits per heavy atom. The smallest absolute Gasteiger partial charge is 0.242 e. The Morgan fingerprint density at radius 3 is 2.45 bits per heavy atom. The highest BCUT2D eigenvalue weighted by Gasteiger charge is 2.23. The Balaban J connectivity index is 1.39. The molecule has 4 rings (SSSR count). The number of piperazine rings is 1. The van der Waals surface area contributed by atoms with Gasteiger partial charge in [-0.3, -0.25) is 24.5 Å². The summed E-state index contributed by atoms with van der Waals surface area (Å²) >= 11 is 5.36. The minimum atomic E-state index is 0.0456. The number of aromatic amines is 2. The zero-order valence-electron chi connectivity index (χ0n) is 16.6. The number of nitrogens with one attached hydrogen (secondary N) is 2. The molecule has 1 aromatic carbocycles. The fourth-order valence-electron chi connectivity index (χ4n) is 3.44. The fraction of sp³-hybridized carbons (Fsp3) is 0.421. The van der Waals surface area contributed by atoms with Crippen LogP contribution in [0.2, 0.25) is 0 Å². The number of nitrogens with zero attached hydrogens (tertiary/aromatic N) is 6. The van der Waals surface area contributed by atoms with E-state index in [1.54, 1.807) is 4.57 Å². The summed E-state index contributed by atoms with van der Waals surface area (Å²) in [5.41, 5.74) is 2.10. The molecule has 0 aliphatic carbocycles. The molecule has 9 nitrogen and oxygen atoms in total. The first kappa shape index (κ1) is 19.5. The Bertz CT molecular complexity index is 1040. The average molecular weight is 413 g/mol. The second-order valence-electron chi connectivity index (χ2n) is 7.30. The summed E-state index contributed by atoms with van der Waals surface area (Å²) in [6, 6.07) is 8.03. The number of H-pyrrole nitrogens is 2. The molecule has 1 amide bonds. The second-order valence-corrected chi connectivity index (χ2v) is 7.69. The van der Waals surface area contributed by atoms with Crippen LogP contribution in [0.4, 0.5) is 0 Å². The van der Waals surface area contributed by atoms with Gasteiger partial charge in [-0.2, -0.15) is 10.2 Å². The monoisotopic (exact) mass is 412 g/mol. The molecule has 3 aromatic rings. The first-order valence-corrected chi connectivity index (χ1v) is 10.0. The largest absolute Gasteiger partial charge is 0.339 e. The molecular weight excluding hydrogens is 388 g/mol. The SMILES string of the molecule is Cc1ccc(-c2n[nH]c(=S)n2CC(=O)N2CCN(Cc3n[nH]c(C)n3)CC2)cc1. The van der Waals surface area contributed by atoms with Crippen LogP contribution in [-0.4, -0.2) is 71.8 Å². The van der Waals surface area contributed by atoms with Gasteiger partial charge in [0.05, 0.1) is 6.54 Å². The van der Waals surface area contributed by atoms with Gasteiger partial charge in [0, 0.05) is 31.7 Å². The quantitative estimate of drug-likeness (QED) is 0.619. The highest BCUT2D eigenvalue weighted by molar-refractivity contribution is 7.71. The Labute approximate surface area is 173 Å². The summed E-state index contributed by atoms with van der Waals surface area (Å²) in [6.45, 7) is 7.73. The van der Waals surface area contributed by atoms with Gasteiger partial charge in [-0.25, -0.2) is 4.98 Å². The topological polar surface area (TPSA) is 98.7 Å². The summed E-state index contributed by atoms with van der Waals surface area (Å²) in [4.78, 5) is 21.4. The number of hydrogen-bond donors (Lipinski definition) is 2. The van der Waals surface area contributed by atoms with E-state index in [0.717, 1.165) is 30.3 Å². The van der Waals surface area contributed by atoms with Crippen molar-refractivity contribution in [2.45, 2.75) is 26.9 Å². The number of rotatable bonds is 5. The van der Waals surface area contributed by atoms with Gasteiger partial charge in [-0.15, -0.1) is 0 Å². The summed E-state index contributed by atoms with van der Waals surface area (Å²) in [7, 11) is 0. The van der Waals surface area contributed by atoms with Crippen LogP contribution in [0.1, 0.15) is 17.2 Å². The lowest BCUT2D eigenvalue weighted by atomic mass is 10.1. The van der Waals surface area contributed by atoms with Crippen LogP contribution < -0.4 is 0 Å². The van der Waals surface area contributed by atoms with Crippen molar-refractivity contribution in [2.24, 2.45) is 0 Å². The van der Waals surface area contributed by atoms with Crippen molar-refractivity contribution in [3.8, 4) is 11.4 Å². The van der Waals surface area contributed by atoms with Gasteiger partial charge in [-0.1, -0.05) is 29.8 Å². The minimum absolute atomic E-state index is 0.0456. The van der Waals surface area contributed by atoms with Crippen molar-refractivity contribution < 1.29 is 4.79 Å². The van der Waals surface area contributed by atoms with Gasteiger partial charge >= 0.3 is 0 Å². The first-order chi connectivity index (χ1) is 14.0. The molecule has 1 saturated heterocycles. The number of benzene rings is 1. The third-order valence-corrected chi connectivity index (χ3v) is 5.41. The number of carbonyl (C=O) groups is 1. The molecule has 1 fully saturated rings. The van der Waals surface area contributed by atoms with E-state index >= 15 is 0 Å². The Kier molecular flexibility index (Phi) is 5.54. The van der Waals surface area contributed by atoms with E-state index in [-0.39, 0.29) is 12.5 Å². The number of hydrogen-bond acceptors (Lipinski definition) is 6. The van der Waals surface area contributed by atoms with Crippen molar-refractivity contribution in [2.75, 3.05) is 26.2 Å². The van der Waals surface area contributed by atoms with Crippen molar-refractivity contribution in [3.63, 3.8) is 0 Å². The normalized spacial score (nSPS) is 15.0. The van der Waals surface area contributed by atoms with Gasteiger partial charge in [0.1, 0.15) is 12.4 Å². The van der Waals surface area contributed by atoms with Crippen LogP contribution in [0.15, 0.2) is 24.3 Å². The highest BCUT2D eigenvalue weighted by atomic mass is 32.1. The summed E-state index contributed by atoms with van der Waals surface area (Å²) in [5.74, 6) is 2.33. The maximum atomic E-state index is 12.9. The molecule has 0 saturated carbocycles. The average Bonchev–Trinajstić information content (AvgIpc) is 3.29. The Hall–Kier alpha value is -2.85. The number of aryl methyl sites for hydroxylation is 2. The summed E-state index contributed by atoms with van der Waals surface area (Å²) in [5, 5.41) is 14.2. The van der Waals surface area contributed by atoms with Gasteiger partial charge in [0.15, 0.2) is 16.4 Å².